The molecule has 0 saturated carbocycles. The molecule has 0 atom stereocenters. The number of nitrogens with two attached hydrogens (primary N) is 1. The Morgan fingerprint density at radius 3 is 3.00 bits per heavy atom. The molecule has 0 aliphatic heterocycles. The van der Waals surface area contributed by atoms with E-state index < -0.39 is 17.0 Å². The van der Waals surface area contributed by atoms with Crippen molar-refractivity contribution < 1.29 is 4.79 Å². The van der Waals surface area contributed by atoms with Gasteiger partial charge >= 0.3 is 5.69 Å². The van der Waals surface area contributed by atoms with E-state index in [1.807, 2.05) is 11.4 Å². The van der Waals surface area contributed by atoms with Crippen LogP contribution in [0.15, 0.2) is 32.4 Å². The molecule has 0 fully saturated rings. The zero-order chi connectivity index (χ0) is 16.6. The van der Waals surface area contributed by atoms with Gasteiger partial charge in [0, 0.05) is 12.4 Å². The Morgan fingerprint density at radius 1 is 1.43 bits per heavy atom. The fourth-order valence-electron chi connectivity index (χ4n) is 1.99. The molecule has 0 spiro atoms. The second kappa shape index (κ2) is 5.97. The molecule has 118 valence electrons. The first-order valence-electron chi connectivity index (χ1n) is 6.42. The van der Waals surface area contributed by atoms with Crippen molar-refractivity contribution in [2.45, 2.75) is 5.03 Å². The number of thioether (sulfide) groups is 1. The van der Waals surface area contributed by atoms with Gasteiger partial charge < -0.3 is 5.73 Å². The number of carbonyl (C=O) groups is 1. The topological polar surface area (TPSA) is 124 Å². The fraction of sp³-hybridized carbons (Fsp3) is 0.154. The van der Waals surface area contributed by atoms with Crippen molar-refractivity contribution in [3.63, 3.8) is 0 Å². The SMILES string of the molecule is Cn1c(N)c(C(=O)CSc2ncnc3sccc23)c(=O)[nH]c1=O. The minimum Gasteiger partial charge on any atom is -0.384 e. The van der Waals surface area contributed by atoms with Crippen LogP contribution in [-0.4, -0.2) is 31.1 Å². The van der Waals surface area contributed by atoms with Gasteiger partial charge in [-0.25, -0.2) is 14.8 Å². The largest absolute Gasteiger partial charge is 0.384 e. The van der Waals surface area contributed by atoms with E-state index in [-0.39, 0.29) is 17.1 Å². The molecule has 0 aliphatic rings. The predicted octanol–water partition coefficient (Wildman–Crippen LogP) is 0.635. The monoisotopic (exact) mass is 349 g/mol. The van der Waals surface area contributed by atoms with E-state index in [4.69, 9.17) is 5.73 Å². The van der Waals surface area contributed by atoms with E-state index in [1.54, 1.807) is 0 Å². The average molecular weight is 349 g/mol. The number of aromatic nitrogens is 4. The predicted molar refractivity (Wildman–Crippen MR) is 89.2 cm³/mol. The van der Waals surface area contributed by atoms with Gasteiger partial charge in [-0.1, -0.05) is 11.8 Å². The Labute approximate surface area is 137 Å². The molecule has 3 N–H and O–H groups in total. The number of thiophene rings is 1. The number of hydrogen-bond donors (Lipinski definition) is 2. The summed E-state index contributed by atoms with van der Waals surface area (Å²) in [4.78, 5) is 46.8. The van der Waals surface area contributed by atoms with Crippen LogP contribution in [0.3, 0.4) is 0 Å². The maximum Gasteiger partial charge on any atom is 0.329 e. The van der Waals surface area contributed by atoms with Crippen molar-refractivity contribution in [3.05, 3.63) is 44.2 Å². The third-order valence-corrected chi connectivity index (χ3v) is 5.04. The summed E-state index contributed by atoms with van der Waals surface area (Å²) in [6.45, 7) is 0. The lowest BCUT2D eigenvalue weighted by molar-refractivity contribution is 0.102. The molecule has 3 rings (SSSR count). The highest BCUT2D eigenvalue weighted by molar-refractivity contribution is 8.00. The lowest BCUT2D eigenvalue weighted by Crippen LogP contribution is -2.35. The quantitative estimate of drug-likeness (QED) is 0.402. The zero-order valence-corrected chi connectivity index (χ0v) is 13.5. The van der Waals surface area contributed by atoms with Crippen LogP contribution >= 0.6 is 23.1 Å². The first-order chi connectivity index (χ1) is 11.0. The van der Waals surface area contributed by atoms with Crippen LogP contribution in [0.25, 0.3) is 10.2 Å². The van der Waals surface area contributed by atoms with Gasteiger partial charge in [-0.15, -0.1) is 11.3 Å². The van der Waals surface area contributed by atoms with Gasteiger partial charge in [0.1, 0.15) is 27.6 Å². The molecular weight excluding hydrogens is 338 g/mol. The number of Topliss-reactive ketones (excluding diaryl/α,β-unsaturated/α-hetero) is 1. The molecule has 0 aliphatic carbocycles. The van der Waals surface area contributed by atoms with Crippen LogP contribution in [-0.2, 0) is 7.05 Å². The number of nitrogens with zero attached hydrogens (tertiary/aromatic N) is 3. The summed E-state index contributed by atoms with van der Waals surface area (Å²) in [6.07, 6.45) is 1.43. The van der Waals surface area contributed by atoms with Gasteiger partial charge in [0.25, 0.3) is 5.56 Å². The first kappa shape index (κ1) is 15.4. The van der Waals surface area contributed by atoms with Crippen LogP contribution in [0.4, 0.5) is 5.82 Å². The van der Waals surface area contributed by atoms with E-state index in [0.717, 1.165) is 14.8 Å². The number of carbonyl (C=O) groups excluding carboxylic acids is 1. The van der Waals surface area contributed by atoms with E-state index >= 15 is 0 Å². The number of anilines is 1. The van der Waals surface area contributed by atoms with Crippen LogP contribution in [0.5, 0.6) is 0 Å². The molecule has 3 heterocycles. The normalized spacial score (nSPS) is 11.0. The van der Waals surface area contributed by atoms with Crippen molar-refractivity contribution in [2.24, 2.45) is 7.05 Å². The number of rotatable bonds is 4. The van der Waals surface area contributed by atoms with Crippen molar-refractivity contribution in [2.75, 3.05) is 11.5 Å². The van der Waals surface area contributed by atoms with E-state index in [9.17, 15) is 14.4 Å². The Morgan fingerprint density at radius 2 is 2.22 bits per heavy atom. The van der Waals surface area contributed by atoms with Crippen molar-refractivity contribution in [3.8, 4) is 0 Å². The van der Waals surface area contributed by atoms with E-state index in [0.29, 0.717) is 5.03 Å². The van der Waals surface area contributed by atoms with E-state index in [2.05, 4.69) is 15.0 Å². The van der Waals surface area contributed by atoms with Crippen molar-refractivity contribution in [1.29, 1.82) is 0 Å². The summed E-state index contributed by atoms with van der Waals surface area (Å²) < 4.78 is 1.03. The summed E-state index contributed by atoms with van der Waals surface area (Å²) in [6, 6.07) is 1.88. The van der Waals surface area contributed by atoms with Gasteiger partial charge in [0.05, 0.1) is 5.75 Å². The number of ketones is 1. The molecule has 8 nitrogen and oxygen atoms in total. The van der Waals surface area contributed by atoms with Crippen LogP contribution < -0.4 is 17.0 Å². The molecule has 10 heteroatoms. The molecule has 0 radical (unpaired) electrons. The number of H-pyrrole nitrogens is 1. The minimum absolute atomic E-state index is 0.0204. The molecule has 0 aromatic carbocycles. The summed E-state index contributed by atoms with van der Waals surface area (Å²) in [7, 11) is 1.39. The summed E-state index contributed by atoms with van der Waals surface area (Å²) in [5.74, 6) is -0.632. The zero-order valence-electron chi connectivity index (χ0n) is 11.9. The molecule has 0 amide bonds. The Balaban J connectivity index is 1.89. The van der Waals surface area contributed by atoms with Crippen LogP contribution in [0.1, 0.15) is 10.4 Å². The molecular formula is C13H11N5O3S2. The highest BCUT2D eigenvalue weighted by Crippen LogP contribution is 2.28. The second-order valence-corrected chi connectivity index (χ2v) is 6.47. The van der Waals surface area contributed by atoms with Gasteiger partial charge in [-0.3, -0.25) is 19.1 Å². The lowest BCUT2D eigenvalue weighted by atomic mass is 10.2. The minimum atomic E-state index is -0.778. The number of fused-ring (bicyclic) bond motifs is 1. The van der Waals surface area contributed by atoms with Crippen LogP contribution in [0.2, 0.25) is 0 Å². The third-order valence-electron chi connectivity index (χ3n) is 3.21. The Bertz CT molecular complexity index is 1020. The summed E-state index contributed by atoms with van der Waals surface area (Å²) in [5, 5.41) is 3.41. The van der Waals surface area contributed by atoms with Gasteiger partial charge in [0.2, 0.25) is 0 Å². The molecule has 3 aromatic rings. The summed E-state index contributed by atoms with van der Waals surface area (Å²) >= 11 is 2.67. The number of aromatic amines is 1. The van der Waals surface area contributed by atoms with Crippen molar-refractivity contribution in [1.82, 2.24) is 19.5 Å². The lowest BCUT2D eigenvalue weighted by Gasteiger charge is -2.07. The molecule has 23 heavy (non-hydrogen) atoms. The summed E-state index contributed by atoms with van der Waals surface area (Å²) in [5.41, 5.74) is 4.07. The maximum atomic E-state index is 12.3. The number of nitrogens with one attached hydrogen (secondary N) is 1. The van der Waals surface area contributed by atoms with Gasteiger partial charge in [0.15, 0.2) is 5.78 Å². The number of nitrogen functional groups attached to an aromatic ring is 1. The van der Waals surface area contributed by atoms with E-state index in [1.165, 1.54) is 36.5 Å². The molecule has 3 aromatic heterocycles. The van der Waals surface area contributed by atoms with Gasteiger partial charge in [-0.05, 0) is 11.4 Å². The van der Waals surface area contributed by atoms with Crippen LogP contribution in [0, 0.1) is 0 Å². The third kappa shape index (κ3) is 2.78. The van der Waals surface area contributed by atoms with Crippen molar-refractivity contribution >= 4 is 44.9 Å². The first-order valence-corrected chi connectivity index (χ1v) is 8.28. The fourth-order valence-corrected chi connectivity index (χ4v) is 3.65. The maximum absolute atomic E-state index is 12.3. The molecule has 0 saturated heterocycles. The Hall–Kier alpha value is -2.46. The second-order valence-electron chi connectivity index (χ2n) is 4.61. The standard InChI is InChI=1S/C13H11N5O3S2/c1-18-9(14)8(10(20)17-13(18)21)7(19)4-23-12-6-2-3-22-11(6)15-5-16-12/h2-3,5H,4,14H2,1H3,(H,17,20,21). The Kier molecular flexibility index (Phi) is 4.01. The highest BCUT2D eigenvalue weighted by Gasteiger charge is 2.19. The average Bonchev–Trinajstić information content (AvgIpc) is 2.99. The number of hydrogen-bond acceptors (Lipinski definition) is 8. The molecule has 0 unspecified atom stereocenters. The molecule has 0 bridgehead atoms. The smallest absolute Gasteiger partial charge is 0.329 e. The highest BCUT2D eigenvalue weighted by atomic mass is 32.2. The van der Waals surface area contributed by atoms with Gasteiger partial charge in [-0.2, -0.15) is 0 Å².